The van der Waals surface area contributed by atoms with Gasteiger partial charge in [0.05, 0.1) is 0 Å². The third-order valence-electron chi connectivity index (χ3n) is 3.34. The summed E-state index contributed by atoms with van der Waals surface area (Å²) in [5, 5.41) is 0. The molecule has 0 radical (unpaired) electrons. The molecule has 0 heterocycles. The zero-order chi connectivity index (χ0) is 11.2. The molecule has 0 bridgehead atoms. The normalized spacial score (nSPS) is 13.6. The maximum Gasteiger partial charge on any atom is -0.00863 e. The third kappa shape index (κ3) is 3.53. The minimum Gasteiger partial charge on any atom is -0.0953 e. The van der Waals surface area contributed by atoms with Crippen molar-refractivity contribution in [3.63, 3.8) is 0 Å². The van der Waals surface area contributed by atoms with E-state index in [1.165, 1.54) is 11.1 Å². The predicted molar refractivity (Wildman–Crippen MR) is 66.4 cm³/mol. The molecule has 0 aromatic rings. The Morgan fingerprint density at radius 3 is 2.07 bits per heavy atom. The average Bonchev–Trinajstić information content (AvgIpc) is 2.23. The van der Waals surface area contributed by atoms with Crippen molar-refractivity contribution in [2.24, 2.45) is 5.41 Å². The molecule has 0 aliphatic heterocycles. The summed E-state index contributed by atoms with van der Waals surface area (Å²) >= 11 is 0. The Kier molecular flexibility index (Phi) is 5.52. The van der Waals surface area contributed by atoms with Gasteiger partial charge in [-0.1, -0.05) is 51.2 Å². The lowest BCUT2D eigenvalue weighted by Crippen LogP contribution is -2.15. The zero-order valence-electron chi connectivity index (χ0n) is 10.4. The fourth-order valence-electron chi connectivity index (χ4n) is 1.23. The van der Waals surface area contributed by atoms with E-state index in [9.17, 15) is 0 Å². The van der Waals surface area contributed by atoms with Gasteiger partial charge >= 0.3 is 0 Å². The summed E-state index contributed by atoms with van der Waals surface area (Å²) in [4.78, 5) is 0. The van der Waals surface area contributed by atoms with Crippen LogP contribution < -0.4 is 0 Å². The van der Waals surface area contributed by atoms with E-state index in [2.05, 4.69) is 59.4 Å². The maximum atomic E-state index is 4.16. The van der Waals surface area contributed by atoms with E-state index < -0.39 is 0 Å². The fraction of sp³-hybridized carbons (Fsp3) is 0.571. The van der Waals surface area contributed by atoms with Gasteiger partial charge in [-0.25, -0.2) is 0 Å². The molecule has 0 nitrogen and oxygen atoms in total. The van der Waals surface area contributed by atoms with Crippen LogP contribution in [0.3, 0.4) is 0 Å². The third-order valence-corrected chi connectivity index (χ3v) is 3.34. The lowest BCUT2D eigenvalue weighted by atomic mass is 9.78. The van der Waals surface area contributed by atoms with Crippen LogP contribution in [0.1, 0.15) is 47.5 Å². The molecule has 0 unspecified atom stereocenters. The second-order valence-corrected chi connectivity index (χ2v) is 4.16. The monoisotopic (exact) mass is 192 g/mol. The molecule has 0 aliphatic carbocycles. The van der Waals surface area contributed by atoms with Gasteiger partial charge in [0.25, 0.3) is 0 Å². The van der Waals surface area contributed by atoms with Crippen molar-refractivity contribution in [2.75, 3.05) is 0 Å². The second-order valence-electron chi connectivity index (χ2n) is 4.16. The van der Waals surface area contributed by atoms with Gasteiger partial charge in [0.1, 0.15) is 0 Å². The molecule has 0 atom stereocenters. The lowest BCUT2D eigenvalue weighted by Gasteiger charge is -2.27. The Labute approximate surface area is 89.4 Å². The van der Waals surface area contributed by atoms with Crippen molar-refractivity contribution < 1.29 is 0 Å². The van der Waals surface area contributed by atoms with Crippen LogP contribution in [0.15, 0.2) is 36.0 Å². The van der Waals surface area contributed by atoms with E-state index in [0.717, 1.165) is 12.8 Å². The Morgan fingerprint density at radius 1 is 1.21 bits per heavy atom. The van der Waals surface area contributed by atoms with Gasteiger partial charge < -0.3 is 0 Å². The van der Waals surface area contributed by atoms with Gasteiger partial charge in [-0.3, -0.25) is 0 Å². The molecule has 80 valence electrons. The van der Waals surface area contributed by atoms with Crippen LogP contribution in [-0.4, -0.2) is 0 Å². The smallest absolute Gasteiger partial charge is 0.00863 e. The average molecular weight is 192 g/mol. The predicted octanol–water partition coefficient (Wildman–Crippen LogP) is 4.89. The summed E-state index contributed by atoms with van der Waals surface area (Å²) < 4.78 is 0. The molecule has 14 heavy (non-hydrogen) atoms. The number of rotatable bonds is 5. The largest absolute Gasteiger partial charge is 0.0953 e. The van der Waals surface area contributed by atoms with Crippen molar-refractivity contribution in [1.82, 2.24) is 0 Å². The first-order valence-corrected chi connectivity index (χ1v) is 5.50. The molecular formula is C14H24. The number of allylic oxidation sites excluding steroid dienone is 5. The second kappa shape index (κ2) is 5.85. The molecule has 0 rings (SSSR count). The van der Waals surface area contributed by atoms with E-state index in [4.69, 9.17) is 0 Å². The summed E-state index contributed by atoms with van der Waals surface area (Å²) in [6.45, 7) is 15.1. The topological polar surface area (TPSA) is 0 Å². The fourth-order valence-corrected chi connectivity index (χ4v) is 1.23. The number of hydrogen-bond acceptors (Lipinski definition) is 0. The van der Waals surface area contributed by atoms with E-state index >= 15 is 0 Å². The van der Waals surface area contributed by atoms with E-state index in [1.807, 2.05) is 0 Å². The Balaban J connectivity index is 4.55. The van der Waals surface area contributed by atoms with Crippen LogP contribution >= 0.6 is 0 Å². The zero-order valence-corrected chi connectivity index (χ0v) is 10.4. The highest BCUT2D eigenvalue weighted by Crippen LogP contribution is 2.34. The molecule has 0 spiro atoms. The van der Waals surface area contributed by atoms with Crippen LogP contribution in [0.25, 0.3) is 0 Å². The standard InChI is InChI=1S/C14H24/c1-7-12(4)10-11-13(5)14(6,8-2)9-3/h7,10-11H,5,8-9H2,1-4,6H3/b11-10-,12-7-. The van der Waals surface area contributed by atoms with Crippen molar-refractivity contribution in [3.05, 3.63) is 36.0 Å². The molecule has 0 heteroatoms. The number of hydrogen-bond donors (Lipinski definition) is 0. The minimum absolute atomic E-state index is 0.268. The van der Waals surface area contributed by atoms with Crippen molar-refractivity contribution in [3.8, 4) is 0 Å². The Bertz CT molecular complexity index is 237. The molecule has 0 fully saturated rings. The highest BCUT2D eigenvalue weighted by atomic mass is 14.3. The molecule has 0 saturated heterocycles. The first kappa shape index (κ1) is 13.2. The van der Waals surface area contributed by atoms with Gasteiger partial charge in [-0.05, 0) is 37.7 Å². The first-order valence-electron chi connectivity index (χ1n) is 5.50. The SMILES string of the molecule is C=C(/C=C\C(C)=C/C)C(C)(CC)CC. The van der Waals surface area contributed by atoms with E-state index in [1.54, 1.807) is 0 Å². The van der Waals surface area contributed by atoms with Crippen LogP contribution in [0.5, 0.6) is 0 Å². The highest BCUT2D eigenvalue weighted by molar-refractivity contribution is 5.28. The van der Waals surface area contributed by atoms with Crippen molar-refractivity contribution in [1.29, 1.82) is 0 Å². The van der Waals surface area contributed by atoms with Gasteiger partial charge in [0, 0.05) is 0 Å². The van der Waals surface area contributed by atoms with Crippen LogP contribution in [0.4, 0.5) is 0 Å². The van der Waals surface area contributed by atoms with Crippen LogP contribution in [-0.2, 0) is 0 Å². The maximum absolute atomic E-state index is 4.16. The van der Waals surface area contributed by atoms with Gasteiger partial charge in [-0.2, -0.15) is 0 Å². The van der Waals surface area contributed by atoms with Crippen LogP contribution in [0, 0.1) is 5.41 Å². The summed E-state index contributed by atoms with van der Waals surface area (Å²) in [5.74, 6) is 0. The van der Waals surface area contributed by atoms with E-state index in [-0.39, 0.29) is 5.41 Å². The summed E-state index contributed by atoms with van der Waals surface area (Å²) in [5.41, 5.74) is 2.80. The van der Waals surface area contributed by atoms with Gasteiger partial charge in [-0.15, -0.1) is 0 Å². The van der Waals surface area contributed by atoms with Gasteiger partial charge in [0.15, 0.2) is 0 Å². The minimum atomic E-state index is 0.268. The first-order chi connectivity index (χ1) is 6.50. The molecule has 0 aromatic heterocycles. The Hall–Kier alpha value is -0.780. The van der Waals surface area contributed by atoms with Crippen LogP contribution in [0.2, 0.25) is 0 Å². The summed E-state index contributed by atoms with van der Waals surface area (Å²) in [6, 6.07) is 0. The highest BCUT2D eigenvalue weighted by Gasteiger charge is 2.21. The molecule has 0 N–H and O–H groups in total. The summed E-state index contributed by atoms with van der Waals surface area (Å²) in [6.07, 6.45) is 8.72. The summed E-state index contributed by atoms with van der Waals surface area (Å²) in [7, 11) is 0. The van der Waals surface area contributed by atoms with E-state index in [0.29, 0.717) is 0 Å². The van der Waals surface area contributed by atoms with Gasteiger partial charge in [0.2, 0.25) is 0 Å². The molecule has 0 aliphatic rings. The Morgan fingerprint density at radius 2 is 1.71 bits per heavy atom. The molecular weight excluding hydrogens is 168 g/mol. The molecule has 0 aromatic carbocycles. The van der Waals surface area contributed by atoms with Crippen molar-refractivity contribution in [2.45, 2.75) is 47.5 Å². The molecule has 0 amide bonds. The molecule has 0 saturated carbocycles. The van der Waals surface area contributed by atoms with Crippen molar-refractivity contribution >= 4 is 0 Å². The quantitative estimate of drug-likeness (QED) is 0.544. The lowest BCUT2D eigenvalue weighted by molar-refractivity contribution is 0.378.